The van der Waals surface area contributed by atoms with Crippen molar-refractivity contribution >= 4 is 5.82 Å². The maximum absolute atomic E-state index is 5.46. The van der Waals surface area contributed by atoms with Gasteiger partial charge < -0.3 is 9.64 Å². The molecule has 0 N–H and O–H groups in total. The first-order valence-electron chi connectivity index (χ1n) is 6.67. The summed E-state index contributed by atoms with van der Waals surface area (Å²) in [5.74, 6) is 2.59. The van der Waals surface area contributed by atoms with E-state index in [1.54, 1.807) is 7.11 Å². The van der Waals surface area contributed by atoms with E-state index in [4.69, 9.17) is 4.74 Å². The van der Waals surface area contributed by atoms with Crippen LogP contribution in [0.1, 0.15) is 17.9 Å². The van der Waals surface area contributed by atoms with Crippen LogP contribution in [0.5, 0.6) is 5.75 Å². The quantitative estimate of drug-likeness (QED) is 0.841. The van der Waals surface area contributed by atoms with Gasteiger partial charge in [-0.3, -0.25) is 0 Å². The zero-order valence-electron chi connectivity index (χ0n) is 11.1. The van der Waals surface area contributed by atoms with Crippen molar-refractivity contribution in [1.29, 1.82) is 0 Å². The van der Waals surface area contributed by atoms with E-state index in [0.29, 0.717) is 5.92 Å². The number of ether oxygens (including phenoxy) is 1. The number of anilines is 1. The second kappa shape index (κ2) is 5.31. The molecule has 2 aromatic rings. The van der Waals surface area contributed by atoms with E-state index < -0.39 is 0 Å². The molecule has 3 heteroatoms. The van der Waals surface area contributed by atoms with Crippen molar-refractivity contribution < 1.29 is 4.74 Å². The van der Waals surface area contributed by atoms with E-state index in [1.807, 2.05) is 30.5 Å². The maximum Gasteiger partial charge on any atom is 0.128 e. The van der Waals surface area contributed by atoms with E-state index in [-0.39, 0.29) is 0 Å². The molecule has 1 aliphatic heterocycles. The van der Waals surface area contributed by atoms with Crippen LogP contribution in [-0.2, 0) is 0 Å². The lowest BCUT2D eigenvalue weighted by Crippen LogP contribution is -2.20. The molecule has 3 nitrogen and oxygen atoms in total. The van der Waals surface area contributed by atoms with Gasteiger partial charge in [-0.25, -0.2) is 4.98 Å². The number of aromatic nitrogens is 1. The fourth-order valence-electron chi connectivity index (χ4n) is 2.77. The monoisotopic (exact) mass is 254 g/mol. The Morgan fingerprint density at radius 3 is 2.79 bits per heavy atom. The van der Waals surface area contributed by atoms with Crippen LogP contribution < -0.4 is 9.64 Å². The largest absolute Gasteiger partial charge is 0.496 e. The van der Waals surface area contributed by atoms with Crippen molar-refractivity contribution in [3.8, 4) is 5.75 Å². The molecule has 0 aliphatic carbocycles. The molecular formula is C16H18N2O. The van der Waals surface area contributed by atoms with Gasteiger partial charge in [-0.15, -0.1) is 0 Å². The summed E-state index contributed by atoms with van der Waals surface area (Å²) in [5.41, 5.74) is 1.31. The van der Waals surface area contributed by atoms with Gasteiger partial charge in [0.15, 0.2) is 0 Å². The second-order valence-electron chi connectivity index (χ2n) is 4.86. The highest BCUT2D eigenvalue weighted by molar-refractivity contribution is 5.44. The summed E-state index contributed by atoms with van der Waals surface area (Å²) >= 11 is 0. The predicted molar refractivity (Wildman–Crippen MR) is 76.8 cm³/mol. The van der Waals surface area contributed by atoms with E-state index >= 15 is 0 Å². The Labute approximate surface area is 113 Å². The number of benzene rings is 1. The number of methoxy groups -OCH3 is 1. The summed E-state index contributed by atoms with van der Waals surface area (Å²) in [5, 5.41) is 0. The third-order valence-electron chi connectivity index (χ3n) is 3.74. The lowest BCUT2D eigenvalue weighted by Gasteiger charge is -2.18. The Bertz CT molecular complexity index is 541. The average molecular weight is 254 g/mol. The predicted octanol–water partition coefficient (Wildman–Crippen LogP) is 3.08. The molecule has 1 aliphatic rings. The number of hydrogen-bond acceptors (Lipinski definition) is 3. The second-order valence-corrected chi connectivity index (χ2v) is 4.86. The Kier molecular flexibility index (Phi) is 3.36. The molecule has 1 fully saturated rings. The minimum Gasteiger partial charge on any atom is -0.496 e. The Hall–Kier alpha value is -2.03. The van der Waals surface area contributed by atoms with Crippen LogP contribution in [0, 0.1) is 0 Å². The molecule has 0 saturated carbocycles. The molecular weight excluding hydrogens is 236 g/mol. The molecule has 0 amide bonds. The summed E-state index contributed by atoms with van der Waals surface area (Å²) in [6.07, 6.45) is 3.00. The molecule has 1 saturated heterocycles. The van der Waals surface area contributed by atoms with Crippen molar-refractivity contribution in [3.05, 3.63) is 54.2 Å². The number of nitrogens with zero attached hydrogens (tertiary/aromatic N) is 2. The third-order valence-corrected chi connectivity index (χ3v) is 3.74. The highest BCUT2D eigenvalue weighted by Crippen LogP contribution is 2.34. The minimum atomic E-state index is 0.526. The molecule has 1 aromatic carbocycles. The van der Waals surface area contributed by atoms with Crippen LogP contribution in [0.3, 0.4) is 0 Å². The van der Waals surface area contributed by atoms with Gasteiger partial charge in [0.2, 0.25) is 0 Å². The highest BCUT2D eigenvalue weighted by atomic mass is 16.5. The van der Waals surface area contributed by atoms with Crippen LogP contribution in [-0.4, -0.2) is 25.2 Å². The van der Waals surface area contributed by atoms with Gasteiger partial charge >= 0.3 is 0 Å². The fourth-order valence-corrected chi connectivity index (χ4v) is 2.77. The lowest BCUT2D eigenvalue weighted by atomic mass is 9.97. The average Bonchev–Trinajstić information content (AvgIpc) is 2.98. The minimum absolute atomic E-state index is 0.526. The topological polar surface area (TPSA) is 25.4 Å². The maximum atomic E-state index is 5.46. The van der Waals surface area contributed by atoms with Crippen molar-refractivity contribution in [2.45, 2.75) is 12.3 Å². The summed E-state index contributed by atoms with van der Waals surface area (Å²) < 4.78 is 5.46. The van der Waals surface area contributed by atoms with E-state index in [0.717, 1.165) is 31.1 Å². The molecule has 19 heavy (non-hydrogen) atoms. The van der Waals surface area contributed by atoms with Gasteiger partial charge in [-0.1, -0.05) is 24.3 Å². The molecule has 2 heterocycles. The molecule has 1 unspecified atom stereocenters. The third kappa shape index (κ3) is 2.41. The molecule has 1 atom stereocenters. The van der Waals surface area contributed by atoms with E-state index in [9.17, 15) is 0 Å². The van der Waals surface area contributed by atoms with Gasteiger partial charge in [0.05, 0.1) is 7.11 Å². The first-order chi connectivity index (χ1) is 9.38. The summed E-state index contributed by atoms with van der Waals surface area (Å²) in [6.45, 7) is 2.07. The van der Waals surface area contributed by atoms with Gasteiger partial charge in [-0.05, 0) is 30.2 Å². The SMILES string of the molecule is COc1ccccc1C1CCN(c2ccccn2)C1. The van der Waals surface area contributed by atoms with Gasteiger partial charge in [0.1, 0.15) is 11.6 Å². The molecule has 98 valence electrons. The van der Waals surface area contributed by atoms with Crippen LogP contribution >= 0.6 is 0 Å². The zero-order valence-corrected chi connectivity index (χ0v) is 11.1. The van der Waals surface area contributed by atoms with Crippen molar-refractivity contribution in [2.24, 2.45) is 0 Å². The van der Waals surface area contributed by atoms with Crippen LogP contribution in [0.4, 0.5) is 5.82 Å². The Morgan fingerprint density at radius 2 is 2.00 bits per heavy atom. The molecule has 3 rings (SSSR count). The van der Waals surface area contributed by atoms with Crippen molar-refractivity contribution in [2.75, 3.05) is 25.1 Å². The van der Waals surface area contributed by atoms with Gasteiger partial charge in [-0.2, -0.15) is 0 Å². The van der Waals surface area contributed by atoms with Gasteiger partial charge in [0, 0.05) is 25.2 Å². The fraction of sp³-hybridized carbons (Fsp3) is 0.312. The summed E-state index contributed by atoms with van der Waals surface area (Å²) in [6, 6.07) is 14.4. The first kappa shape index (κ1) is 12.0. The summed E-state index contributed by atoms with van der Waals surface area (Å²) in [4.78, 5) is 6.77. The van der Waals surface area contributed by atoms with Gasteiger partial charge in [0.25, 0.3) is 0 Å². The highest BCUT2D eigenvalue weighted by Gasteiger charge is 2.26. The number of rotatable bonds is 3. The number of pyridine rings is 1. The molecule has 0 bridgehead atoms. The number of para-hydroxylation sites is 1. The van der Waals surface area contributed by atoms with Crippen LogP contribution in [0.2, 0.25) is 0 Å². The van der Waals surface area contributed by atoms with E-state index in [1.165, 1.54) is 5.56 Å². The molecule has 1 aromatic heterocycles. The molecule has 0 spiro atoms. The molecule has 0 radical (unpaired) electrons. The Morgan fingerprint density at radius 1 is 1.16 bits per heavy atom. The number of hydrogen-bond donors (Lipinski definition) is 0. The van der Waals surface area contributed by atoms with E-state index in [2.05, 4.69) is 28.1 Å². The standard InChI is InChI=1S/C16H18N2O/c1-19-15-7-3-2-6-14(15)13-9-11-18(12-13)16-8-4-5-10-17-16/h2-8,10,13H,9,11-12H2,1H3. The summed E-state index contributed by atoms with van der Waals surface area (Å²) in [7, 11) is 1.74. The Balaban J connectivity index is 1.79. The van der Waals surface area contributed by atoms with Crippen LogP contribution in [0.25, 0.3) is 0 Å². The lowest BCUT2D eigenvalue weighted by molar-refractivity contribution is 0.406. The first-order valence-corrected chi connectivity index (χ1v) is 6.67. The smallest absolute Gasteiger partial charge is 0.128 e. The zero-order chi connectivity index (χ0) is 13.1. The van der Waals surface area contributed by atoms with Crippen molar-refractivity contribution in [1.82, 2.24) is 4.98 Å². The van der Waals surface area contributed by atoms with Crippen LogP contribution in [0.15, 0.2) is 48.7 Å². The normalized spacial score (nSPS) is 18.6. The van der Waals surface area contributed by atoms with Crippen molar-refractivity contribution in [3.63, 3.8) is 0 Å².